The van der Waals surface area contributed by atoms with E-state index in [-0.39, 0.29) is 4.90 Å². The molecule has 0 saturated carbocycles. The van der Waals surface area contributed by atoms with Crippen molar-refractivity contribution in [1.82, 2.24) is 0 Å². The van der Waals surface area contributed by atoms with Gasteiger partial charge in [0.25, 0.3) is 10.0 Å². The van der Waals surface area contributed by atoms with E-state index in [0.717, 1.165) is 3.79 Å². The molecular formula is C12H12Br2N2O3S2. The molecule has 2 aromatic rings. The monoisotopic (exact) mass is 454 g/mol. The van der Waals surface area contributed by atoms with Gasteiger partial charge in [0.1, 0.15) is 17.3 Å². The smallest absolute Gasteiger partial charge is 0.263 e. The van der Waals surface area contributed by atoms with E-state index in [1.807, 2.05) is 0 Å². The van der Waals surface area contributed by atoms with Gasteiger partial charge in [0, 0.05) is 12.2 Å². The van der Waals surface area contributed by atoms with Gasteiger partial charge in [0.15, 0.2) is 0 Å². The van der Waals surface area contributed by atoms with Crippen molar-refractivity contribution in [3.05, 3.63) is 37.9 Å². The minimum atomic E-state index is -3.63. The summed E-state index contributed by atoms with van der Waals surface area (Å²) in [5.41, 5.74) is 5.81. The molecule has 3 N–H and O–H groups in total. The SMILES string of the molecule is NCCOc1ccc(NS(=O)(=O)c2cc(Br)sc2Br)cc1. The molecule has 0 unspecified atom stereocenters. The number of halogens is 2. The van der Waals surface area contributed by atoms with Gasteiger partial charge in [-0.05, 0) is 62.2 Å². The normalized spacial score (nSPS) is 11.4. The fourth-order valence-electron chi connectivity index (χ4n) is 1.51. The third kappa shape index (κ3) is 4.43. The Kier molecular flexibility index (Phi) is 5.67. The molecule has 0 atom stereocenters. The highest BCUT2D eigenvalue weighted by atomic mass is 79.9. The first-order valence-corrected chi connectivity index (χ1v) is 9.71. The predicted molar refractivity (Wildman–Crippen MR) is 91.5 cm³/mol. The van der Waals surface area contributed by atoms with E-state index in [1.54, 1.807) is 30.3 Å². The molecule has 0 aliphatic carbocycles. The first kappa shape index (κ1) is 16.8. The molecular weight excluding hydrogens is 444 g/mol. The third-order valence-corrected chi connectivity index (χ3v) is 6.54. The van der Waals surface area contributed by atoms with Gasteiger partial charge in [-0.2, -0.15) is 0 Å². The minimum absolute atomic E-state index is 0.197. The van der Waals surface area contributed by atoms with E-state index < -0.39 is 10.0 Å². The fourth-order valence-corrected chi connectivity index (χ4v) is 6.39. The number of thiophene rings is 1. The highest BCUT2D eigenvalue weighted by molar-refractivity contribution is 9.12. The lowest BCUT2D eigenvalue weighted by Gasteiger charge is -2.09. The Bertz CT molecular complexity index is 715. The lowest BCUT2D eigenvalue weighted by atomic mass is 10.3. The van der Waals surface area contributed by atoms with Crippen LogP contribution in [-0.2, 0) is 10.0 Å². The molecule has 0 aliphatic rings. The average Bonchev–Trinajstić information content (AvgIpc) is 2.77. The third-order valence-electron chi connectivity index (χ3n) is 2.41. The molecule has 0 fully saturated rings. The molecule has 1 aromatic carbocycles. The molecule has 0 saturated heterocycles. The number of anilines is 1. The number of rotatable bonds is 6. The van der Waals surface area contributed by atoms with Crippen molar-refractivity contribution in [2.75, 3.05) is 17.9 Å². The minimum Gasteiger partial charge on any atom is -0.492 e. The molecule has 2 rings (SSSR count). The molecule has 1 heterocycles. The average molecular weight is 456 g/mol. The Morgan fingerprint density at radius 1 is 1.24 bits per heavy atom. The molecule has 0 spiro atoms. The van der Waals surface area contributed by atoms with E-state index in [9.17, 15) is 8.42 Å². The maximum atomic E-state index is 12.3. The topological polar surface area (TPSA) is 81.4 Å². The van der Waals surface area contributed by atoms with Crippen molar-refractivity contribution >= 4 is 58.9 Å². The second kappa shape index (κ2) is 7.10. The summed E-state index contributed by atoms with van der Waals surface area (Å²) in [6.07, 6.45) is 0. The molecule has 0 amide bonds. The van der Waals surface area contributed by atoms with Crippen LogP contribution in [0.3, 0.4) is 0 Å². The van der Waals surface area contributed by atoms with Crippen LogP contribution in [0.2, 0.25) is 0 Å². The number of hydrogen-bond acceptors (Lipinski definition) is 5. The van der Waals surface area contributed by atoms with Crippen molar-refractivity contribution in [2.24, 2.45) is 5.73 Å². The van der Waals surface area contributed by atoms with Gasteiger partial charge in [0.05, 0.1) is 7.57 Å². The molecule has 1 aromatic heterocycles. The summed E-state index contributed by atoms with van der Waals surface area (Å²) < 4.78 is 33.7. The first-order chi connectivity index (χ1) is 9.92. The van der Waals surface area contributed by atoms with Crippen molar-refractivity contribution in [3.63, 3.8) is 0 Å². The lowest BCUT2D eigenvalue weighted by molar-refractivity contribution is 0.328. The lowest BCUT2D eigenvalue weighted by Crippen LogP contribution is -2.13. The fraction of sp³-hybridized carbons (Fsp3) is 0.167. The van der Waals surface area contributed by atoms with E-state index in [2.05, 4.69) is 36.6 Å². The van der Waals surface area contributed by atoms with E-state index in [1.165, 1.54) is 11.3 Å². The van der Waals surface area contributed by atoms with Crippen LogP contribution in [0.15, 0.2) is 42.8 Å². The number of ether oxygens (including phenoxy) is 1. The van der Waals surface area contributed by atoms with Crippen LogP contribution < -0.4 is 15.2 Å². The van der Waals surface area contributed by atoms with Crippen LogP contribution in [0.25, 0.3) is 0 Å². The zero-order valence-electron chi connectivity index (χ0n) is 10.7. The summed E-state index contributed by atoms with van der Waals surface area (Å²) >= 11 is 7.81. The number of sulfonamides is 1. The highest BCUT2D eigenvalue weighted by Gasteiger charge is 2.20. The van der Waals surface area contributed by atoms with Crippen LogP contribution in [0, 0.1) is 0 Å². The molecule has 114 valence electrons. The predicted octanol–water partition coefficient (Wildman–Crippen LogP) is 3.41. The summed E-state index contributed by atoms with van der Waals surface area (Å²) in [6, 6.07) is 8.20. The Hall–Kier alpha value is -0.610. The van der Waals surface area contributed by atoms with Crippen molar-refractivity contribution in [1.29, 1.82) is 0 Å². The van der Waals surface area contributed by atoms with Crippen LogP contribution in [0.4, 0.5) is 5.69 Å². The molecule has 21 heavy (non-hydrogen) atoms. The summed E-state index contributed by atoms with van der Waals surface area (Å²) in [6.45, 7) is 0.844. The Balaban J connectivity index is 2.15. The maximum absolute atomic E-state index is 12.3. The van der Waals surface area contributed by atoms with Crippen molar-refractivity contribution in [2.45, 2.75) is 4.90 Å². The van der Waals surface area contributed by atoms with Crippen LogP contribution in [0.1, 0.15) is 0 Å². The second-order valence-corrected chi connectivity index (χ2v) is 9.36. The summed E-state index contributed by atoms with van der Waals surface area (Å²) in [5, 5.41) is 0. The van der Waals surface area contributed by atoms with E-state index in [4.69, 9.17) is 10.5 Å². The molecule has 0 aliphatic heterocycles. The number of nitrogens with one attached hydrogen (secondary N) is 1. The van der Waals surface area contributed by atoms with Gasteiger partial charge in [0.2, 0.25) is 0 Å². The molecule has 5 nitrogen and oxygen atoms in total. The Morgan fingerprint density at radius 2 is 1.90 bits per heavy atom. The van der Waals surface area contributed by atoms with Crippen molar-refractivity contribution < 1.29 is 13.2 Å². The van der Waals surface area contributed by atoms with Gasteiger partial charge in [-0.3, -0.25) is 4.72 Å². The van der Waals surface area contributed by atoms with Gasteiger partial charge in [-0.25, -0.2) is 8.42 Å². The van der Waals surface area contributed by atoms with Crippen molar-refractivity contribution in [3.8, 4) is 5.75 Å². The van der Waals surface area contributed by atoms with Gasteiger partial charge in [-0.15, -0.1) is 11.3 Å². The van der Waals surface area contributed by atoms with Gasteiger partial charge >= 0.3 is 0 Å². The quantitative estimate of drug-likeness (QED) is 0.699. The largest absolute Gasteiger partial charge is 0.492 e. The highest BCUT2D eigenvalue weighted by Crippen LogP contribution is 2.35. The number of benzene rings is 1. The van der Waals surface area contributed by atoms with Crippen LogP contribution in [-0.4, -0.2) is 21.6 Å². The van der Waals surface area contributed by atoms with Gasteiger partial charge < -0.3 is 10.5 Å². The van der Waals surface area contributed by atoms with E-state index >= 15 is 0 Å². The molecule has 0 bridgehead atoms. The summed E-state index contributed by atoms with van der Waals surface area (Å²) in [5.74, 6) is 0.642. The van der Waals surface area contributed by atoms with Crippen LogP contribution in [0.5, 0.6) is 5.75 Å². The Labute approximate surface area is 143 Å². The summed E-state index contributed by atoms with van der Waals surface area (Å²) in [4.78, 5) is 0.197. The molecule has 9 heteroatoms. The first-order valence-electron chi connectivity index (χ1n) is 5.83. The van der Waals surface area contributed by atoms with Crippen LogP contribution >= 0.6 is 43.2 Å². The van der Waals surface area contributed by atoms with E-state index in [0.29, 0.717) is 28.4 Å². The summed E-state index contributed by atoms with van der Waals surface area (Å²) in [7, 11) is -3.63. The van der Waals surface area contributed by atoms with Gasteiger partial charge in [-0.1, -0.05) is 0 Å². The molecule has 0 radical (unpaired) electrons. The maximum Gasteiger partial charge on any atom is 0.263 e. The number of nitrogens with two attached hydrogens (primary N) is 1. The standard InChI is InChI=1S/C12H12Br2N2O3S2/c13-11-7-10(12(14)20-11)21(17,18)16-8-1-3-9(4-2-8)19-6-5-15/h1-4,7,16H,5-6,15H2. The zero-order valence-corrected chi connectivity index (χ0v) is 15.5. The second-order valence-electron chi connectivity index (χ2n) is 3.96. The zero-order chi connectivity index (χ0) is 15.5. The Morgan fingerprint density at radius 3 is 2.43 bits per heavy atom. The number of hydrogen-bond donors (Lipinski definition) is 2.